The van der Waals surface area contributed by atoms with Crippen molar-refractivity contribution in [3.05, 3.63) is 10.1 Å². The highest BCUT2D eigenvalue weighted by Gasteiger charge is 2.58. The van der Waals surface area contributed by atoms with Crippen molar-refractivity contribution < 1.29 is 4.92 Å². The molecule has 1 atom stereocenters. The lowest BCUT2D eigenvalue weighted by Crippen LogP contribution is -2.62. The fourth-order valence-electron chi connectivity index (χ4n) is 2.21. The molecule has 0 aromatic rings. The molecule has 1 rings (SSSR count). The molecular weight excluding hydrogens is 220 g/mol. The van der Waals surface area contributed by atoms with Crippen LogP contribution in [0.5, 0.6) is 0 Å². The summed E-state index contributed by atoms with van der Waals surface area (Å²) in [7, 11) is 0. The van der Waals surface area contributed by atoms with Crippen LogP contribution in [-0.2, 0) is 0 Å². The second-order valence-electron chi connectivity index (χ2n) is 5.26. The molecule has 0 fully saturated rings. The van der Waals surface area contributed by atoms with Crippen LogP contribution in [0.15, 0.2) is 4.99 Å². The van der Waals surface area contributed by atoms with E-state index in [4.69, 9.17) is 0 Å². The van der Waals surface area contributed by atoms with E-state index in [1.165, 1.54) is 0 Å². The van der Waals surface area contributed by atoms with Crippen molar-refractivity contribution in [1.82, 2.24) is 10.0 Å². The Labute approximate surface area is 102 Å². The SMILES string of the molecule is CC(C)N1C=NC(C(C)C)([N+](=O)[O-])N1C(C)C. The van der Waals surface area contributed by atoms with E-state index in [9.17, 15) is 10.1 Å². The predicted molar refractivity (Wildman–Crippen MR) is 67.0 cm³/mol. The van der Waals surface area contributed by atoms with Crippen molar-refractivity contribution in [3.63, 3.8) is 0 Å². The Morgan fingerprint density at radius 2 is 1.71 bits per heavy atom. The van der Waals surface area contributed by atoms with Gasteiger partial charge in [-0.3, -0.25) is 15.1 Å². The molecule has 98 valence electrons. The van der Waals surface area contributed by atoms with Crippen LogP contribution in [0.2, 0.25) is 0 Å². The van der Waals surface area contributed by atoms with Crippen LogP contribution in [0.4, 0.5) is 0 Å². The fourth-order valence-corrected chi connectivity index (χ4v) is 2.21. The summed E-state index contributed by atoms with van der Waals surface area (Å²) < 4.78 is 0. The maximum absolute atomic E-state index is 11.5. The van der Waals surface area contributed by atoms with Gasteiger partial charge in [0.2, 0.25) is 0 Å². The zero-order chi connectivity index (χ0) is 13.4. The molecule has 0 radical (unpaired) electrons. The normalized spacial score (nSPS) is 25.6. The zero-order valence-electron chi connectivity index (χ0n) is 11.4. The summed E-state index contributed by atoms with van der Waals surface area (Å²) in [6, 6.07) is 0.175. The lowest BCUT2D eigenvalue weighted by Gasteiger charge is -2.40. The minimum absolute atomic E-state index is 0.0210. The molecule has 0 spiro atoms. The van der Waals surface area contributed by atoms with Crippen molar-refractivity contribution in [2.24, 2.45) is 10.9 Å². The maximum Gasteiger partial charge on any atom is 0.394 e. The third-order valence-electron chi connectivity index (χ3n) is 3.01. The minimum atomic E-state index is -1.36. The average Bonchev–Trinajstić information content (AvgIpc) is 2.57. The van der Waals surface area contributed by atoms with Gasteiger partial charge in [0.05, 0.1) is 10.8 Å². The smallest absolute Gasteiger partial charge is 0.285 e. The Bertz CT molecular complexity index is 327. The van der Waals surface area contributed by atoms with Crippen LogP contribution in [0, 0.1) is 16.0 Å². The summed E-state index contributed by atoms with van der Waals surface area (Å²) in [4.78, 5) is 15.4. The molecule has 1 unspecified atom stereocenters. The van der Waals surface area contributed by atoms with Gasteiger partial charge in [0.1, 0.15) is 6.34 Å². The summed E-state index contributed by atoms with van der Waals surface area (Å²) in [5.74, 6) is -1.56. The van der Waals surface area contributed by atoms with Crippen LogP contribution in [0.3, 0.4) is 0 Å². The van der Waals surface area contributed by atoms with Crippen LogP contribution in [0.1, 0.15) is 41.5 Å². The number of nitrogens with zero attached hydrogens (tertiary/aromatic N) is 4. The molecule has 0 saturated heterocycles. The van der Waals surface area contributed by atoms with Crippen molar-refractivity contribution in [1.29, 1.82) is 0 Å². The van der Waals surface area contributed by atoms with Crippen LogP contribution in [0.25, 0.3) is 0 Å². The van der Waals surface area contributed by atoms with Crippen LogP contribution >= 0.6 is 0 Å². The topological polar surface area (TPSA) is 62.0 Å². The molecular formula is C11H22N4O2. The van der Waals surface area contributed by atoms with Crippen LogP contribution in [-0.4, -0.2) is 39.2 Å². The number of nitro groups is 1. The van der Waals surface area contributed by atoms with E-state index in [0.717, 1.165) is 0 Å². The van der Waals surface area contributed by atoms with E-state index in [-0.39, 0.29) is 22.9 Å². The first kappa shape index (κ1) is 13.9. The van der Waals surface area contributed by atoms with Crippen molar-refractivity contribution in [2.75, 3.05) is 0 Å². The molecule has 1 heterocycles. The number of rotatable bonds is 4. The van der Waals surface area contributed by atoms with E-state index in [1.54, 1.807) is 11.3 Å². The number of aliphatic imine (C=N–C) groups is 1. The number of hydrazine groups is 1. The first-order valence-corrected chi connectivity index (χ1v) is 6.02. The summed E-state index contributed by atoms with van der Waals surface area (Å²) in [6.45, 7) is 11.6. The maximum atomic E-state index is 11.5. The Morgan fingerprint density at radius 1 is 1.18 bits per heavy atom. The molecule has 6 heteroatoms. The lowest BCUT2D eigenvalue weighted by molar-refractivity contribution is -0.618. The van der Waals surface area contributed by atoms with E-state index < -0.39 is 5.79 Å². The lowest BCUT2D eigenvalue weighted by atomic mass is 10.0. The van der Waals surface area contributed by atoms with Gasteiger partial charge in [0, 0.05) is 12.1 Å². The third-order valence-corrected chi connectivity index (χ3v) is 3.01. The minimum Gasteiger partial charge on any atom is -0.285 e. The number of hydrogen-bond donors (Lipinski definition) is 0. The van der Waals surface area contributed by atoms with Gasteiger partial charge in [-0.25, -0.2) is 0 Å². The highest BCUT2D eigenvalue weighted by Crippen LogP contribution is 2.35. The van der Waals surface area contributed by atoms with Gasteiger partial charge in [-0.05, 0) is 27.7 Å². The molecule has 17 heavy (non-hydrogen) atoms. The molecule has 0 N–H and O–H groups in total. The first-order chi connectivity index (χ1) is 7.75. The van der Waals surface area contributed by atoms with Gasteiger partial charge in [0.15, 0.2) is 0 Å². The van der Waals surface area contributed by atoms with Gasteiger partial charge in [-0.15, -0.1) is 5.01 Å². The average molecular weight is 242 g/mol. The summed E-state index contributed by atoms with van der Waals surface area (Å²) in [5, 5.41) is 15.1. The molecule has 0 saturated carbocycles. The summed E-state index contributed by atoms with van der Waals surface area (Å²) in [5.41, 5.74) is 0. The van der Waals surface area contributed by atoms with Gasteiger partial charge in [0.25, 0.3) is 0 Å². The van der Waals surface area contributed by atoms with Gasteiger partial charge >= 0.3 is 5.79 Å². The quantitative estimate of drug-likeness (QED) is 0.558. The molecule has 1 aliphatic rings. The Morgan fingerprint density at radius 3 is 2.00 bits per heavy atom. The molecule has 1 aliphatic heterocycles. The van der Waals surface area contributed by atoms with Crippen molar-refractivity contribution in [3.8, 4) is 0 Å². The Kier molecular flexibility index (Phi) is 3.76. The van der Waals surface area contributed by atoms with E-state index in [0.29, 0.717) is 0 Å². The first-order valence-electron chi connectivity index (χ1n) is 6.02. The largest absolute Gasteiger partial charge is 0.394 e. The fraction of sp³-hybridized carbons (Fsp3) is 0.909. The predicted octanol–water partition coefficient (Wildman–Crippen LogP) is 1.95. The zero-order valence-corrected chi connectivity index (χ0v) is 11.4. The summed E-state index contributed by atoms with van der Waals surface area (Å²) in [6.07, 6.45) is 1.59. The molecule has 0 amide bonds. The standard InChI is InChI=1S/C11H22N4O2/c1-8(2)11(15(16)17)12-7-13(9(3)4)14(11)10(5)6/h7-10H,1-6H3. The second kappa shape index (κ2) is 4.60. The highest BCUT2D eigenvalue weighted by molar-refractivity contribution is 5.57. The van der Waals surface area contributed by atoms with E-state index >= 15 is 0 Å². The molecule has 0 aromatic heterocycles. The second-order valence-corrected chi connectivity index (χ2v) is 5.26. The van der Waals surface area contributed by atoms with E-state index in [1.807, 2.05) is 46.6 Å². The van der Waals surface area contributed by atoms with Gasteiger partial charge in [-0.2, -0.15) is 4.99 Å². The monoisotopic (exact) mass is 242 g/mol. The summed E-state index contributed by atoms with van der Waals surface area (Å²) >= 11 is 0. The third kappa shape index (κ3) is 2.01. The van der Waals surface area contributed by atoms with Crippen molar-refractivity contribution >= 4 is 6.34 Å². The molecule has 0 bridgehead atoms. The van der Waals surface area contributed by atoms with Crippen LogP contribution < -0.4 is 0 Å². The Balaban J connectivity index is 3.23. The van der Waals surface area contributed by atoms with Gasteiger partial charge in [-0.1, -0.05) is 13.8 Å². The van der Waals surface area contributed by atoms with E-state index in [2.05, 4.69) is 4.99 Å². The highest BCUT2D eigenvalue weighted by atomic mass is 16.6. The molecule has 6 nitrogen and oxygen atoms in total. The number of hydrogen-bond acceptors (Lipinski definition) is 5. The van der Waals surface area contributed by atoms with Gasteiger partial charge < -0.3 is 0 Å². The van der Waals surface area contributed by atoms with Crippen molar-refractivity contribution in [2.45, 2.75) is 59.4 Å². The molecule has 0 aliphatic carbocycles. The molecule has 0 aromatic carbocycles. The Hall–Kier alpha value is -1.17.